The van der Waals surface area contributed by atoms with Gasteiger partial charge < -0.3 is 24.7 Å². The van der Waals surface area contributed by atoms with Crippen LogP contribution in [0, 0.1) is 11.8 Å². The Hall–Kier alpha value is -1.14. The molecule has 0 aromatic heterocycles. The van der Waals surface area contributed by atoms with E-state index in [-0.39, 0.29) is 12.5 Å². The fourth-order valence-electron chi connectivity index (χ4n) is 2.30. The van der Waals surface area contributed by atoms with Crippen molar-refractivity contribution in [1.29, 1.82) is 0 Å². The third-order valence-electron chi connectivity index (χ3n) is 3.37. The molecule has 2 unspecified atom stereocenters. The van der Waals surface area contributed by atoms with Crippen molar-refractivity contribution < 1.29 is 24.2 Å². The van der Waals surface area contributed by atoms with Gasteiger partial charge in [-0.15, -0.1) is 0 Å². The van der Waals surface area contributed by atoms with Crippen molar-refractivity contribution in [2.75, 3.05) is 20.8 Å². The average molecular weight is 258 g/mol. The van der Waals surface area contributed by atoms with Crippen molar-refractivity contribution in [3.63, 3.8) is 0 Å². The van der Waals surface area contributed by atoms with Crippen molar-refractivity contribution in [1.82, 2.24) is 5.32 Å². The predicted molar refractivity (Wildman–Crippen MR) is 61.3 cm³/mol. The number of rotatable bonds is 6. The molecule has 1 amide bonds. The summed E-state index contributed by atoms with van der Waals surface area (Å²) in [6.07, 6.45) is 2.30. The highest BCUT2D eigenvalue weighted by Gasteiger charge is 2.31. The minimum atomic E-state index is -1.13. The van der Waals surface area contributed by atoms with E-state index in [9.17, 15) is 14.7 Å². The first kappa shape index (κ1) is 14.9. The summed E-state index contributed by atoms with van der Waals surface area (Å²) in [4.78, 5) is 22.9. The van der Waals surface area contributed by atoms with E-state index in [0.29, 0.717) is 12.8 Å². The summed E-state index contributed by atoms with van der Waals surface area (Å²) in [6.45, 7) is 0.210. The van der Waals surface area contributed by atoms with E-state index >= 15 is 0 Å². The molecule has 104 valence electrons. The molecule has 0 aliphatic heterocycles. The number of hydrogen-bond donors (Lipinski definition) is 1. The maximum absolute atomic E-state index is 11.9. The van der Waals surface area contributed by atoms with Crippen molar-refractivity contribution in [3.8, 4) is 0 Å². The second-order valence-electron chi connectivity index (χ2n) is 4.46. The third-order valence-corrected chi connectivity index (χ3v) is 3.37. The van der Waals surface area contributed by atoms with Crippen LogP contribution in [0.1, 0.15) is 25.7 Å². The first-order valence-corrected chi connectivity index (χ1v) is 6.14. The first-order valence-electron chi connectivity index (χ1n) is 6.14. The SMILES string of the molecule is COC(CNC(=O)C1CCCCC1C(=O)[O-])OC. The Labute approximate surface area is 107 Å². The molecule has 18 heavy (non-hydrogen) atoms. The van der Waals surface area contributed by atoms with Crippen LogP contribution in [0.25, 0.3) is 0 Å². The monoisotopic (exact) mass is 258 g/mol. The maximum Gasteiger partial charge on any atom is 0.223 e. The van der Waals surface area contributed by atoms with Crippen LogP contribution >= 0.6 is 0 Å². The molecule has 1 aliphatic rings. The number of aliphatic carboxylic acids is 1. The minimum Gasteiger partial charge on any atom is -0.550 e. The van der Waals surface area contributed by atoms with Crippen molar-refractivity contribution >= 4 is 11.9 Å². The lowest BCUT2D eigenvalue weighted by molar-refractivity contribution is -0.314. The molecule has 1 saturated carbocycles. The number of amides is 1. The van der Waals surface area contributed by atoms with Crippen molar-refractivity contribution in [2.24, 2.45) is 11.8 Å². The van der Waals surface area contributed by atoms with Crippen molar-refractivity contribution in [3.05, 3.63) is 0 Å². The molecule has 0 spiro atoms. The number of nitrogens with one attached hydrogen (secondary N) is 1. The van der Waals surface area contributed by atoms with E-state index in [1.807, 2.05) is 0 Å². The number of carboxylic acids is 1. The van der Waals surface area contributed by atoms with Gasteiger partial charge in [-0.3, -0.25) is 4.79 Å². The summed E-state index contributed by atoms with van der Waals surface area (Å²) in [6, 6.07) is 0. The van der Waals surface area contributed by atoms with Crippen LogP contribution < -0.4 is 10.4 Å². The first-order chi connectivity index (χ1) is 8.60. The minimum absolute atomic E-state index is 0.210. The normalized spacial score (nSPS) is 23.9. The molecular formula is C12H20NO5-. The number of carbonyl (C=O) groups excluding carboxylic acids is 2. The average Bonchev–Trinajstić information content (AvgIpc) is 2.39. The van der Waals surface area contributed by atoms with Gasteiger partial charge in [0.15, 0.2) is 6.29 Å². The second-order valence-corrected chi connectivity index (χ2v) is 4.46. The van der Waals surface area contributed by atoms with Gasteiger partial charge in [0.1, 0.15) is 0 Å². The van der Waals surface area contributed by atoms with Gasteiger partial charge in [-0.05, 0) is 12.8 Å². The Balaban J connectivity index is 2.50. The molecule has 6 heteroatoms. The molecule has 2 atom stereocenters. The lowest BCUT2D eigenvalue weighted by Gasteiger charge is -2.31. The lowest BCUT2D eigenvalue weighted by Crippen LogP contribution is -2.46. The number of ether oxygens (including phenoxy) is 2. The lowest BCUT2D eigenvalue weighted by atomic mass is 9.79. The quantitative estimate of drug-likeness (QED) is 0.635. The summed E-state index contributed by atoms with van der Waals surface area (Å²) < 4.78 is 9.89. The second kappa shape index (κ2) is 7.33. The molecule has 0 bridgehead atoms. The van der Waals surface area contributed by atoms with Crippen LogP contribution in [-0.4, -0.2) is 38.9 Å². The highest BCUT2D eigenvalue weighted by molar-refractivity contribution is 5.84. The molecule has 1 N–H and O–H groups in total. The third kappa shape index (κ3) is 3.96. The van der Waals surface area contributed by atoms with Crippen LogP contribution in [0.2, 0.25) is 0 Å². The molecule has 6 nitrogen and oxygen atoms in total. The van der Waals surface area contributed by atoms with Crippen LogP contribution in [0.3, 0.4) is 0 Å². The molecule has 1 aliphatic carbocycles. The van der Waals surface area contributed by atoms with Crippen LogP contribution in [-0.2, 0) is 19.1 Å². The van der Waals surface area contributed by atoms with E-state index in [0.717, 1.165) is 12.8 Å². The standard InChI is InChI=1S/C12H21NO5/c1-17-10(18-2)7-13-11(14)8-5-3-4-6-9(8)12(15)16/h8-10H,3-7H2,1-2H3,(H,13,14)(H,15,16)/p-1. The Morgan fingerprint density at radius 1 is 1.22 bits per heavy atom. The zero-order valence-corrected chi connectivity index (χ0v) is 10.8. The molecular weight excluding hydrogens is 238 g/mol. The van der Waals surface area contributed by atoms with Gasteiger partial charge in [0, 0.05) is 32.0 Å². The van der Waals surface area contributed by atoms with Crippen molar-refractivity contribution in [2.45, 2.75) is 32.0 Å². The summed E-state index contributed by atoms with van der Waals surface area (Å²) >= 11 is 0. The van der Waals surface area contributed by atoms with Gasteiger partial charge >= 0.3 is 0 Å². The van der Waals surface area contributed by atoms with Gasteiger partial charge in [0.25, 0.3) is 0 Å². The summed E-state index contributed by atoms with van der Waals surface area (Å²) in [5, 5.41) is 13.6. The fraction of sp³-hybridized carbons (Fsp3) is 0.833. The maximum atomic E-state index is 11.9. The van der Waals surface area contributed by atoms with E-state index in [4.69, 9.17) is 9.47 Å². The largest absolute Gasteiger partial charge is 0.550 e. The van der Waals surface area contributed by atoms with E-state index < -0.39 is 24.1 Å². The van der Waals surface area contributed by atoms with Gasteiger partial charge in [-0.1, -0.05) is 12.8 Å². The molecule has 0 aromatic rings. The zero-order chi connectivity index (χ0) is 13.5. The van der Waals surface area contributed by atoms with Gasteiger partial charge in [-0.2, -0.15) is 0 Å². The van der Waals surface area contributed by atoms with Gasteiger partial charge in [0.05, 0.1) is 6.54 Å². The Morgan fingerprint density at radius 3 is 2.28 bits per heavy atom. The summed E-state index contributed by atoms with van der Waals surface area (Å²) in [7, 11) is 2.95. The molecule has 0 saturated heterocycles. The molecule has 0 heterocycles. The van der Waals surface area contributed by atoms with Gasteiger partial charge in [-0.25, -0.2) is 0 Å². The fourth-order valence-corrected chi connectivity index (χ4v) is 2.30. The van der Waals surface area contributed by atoms with Crippen LogP contribution in [0.4, 0.5) is 0 Å². The number of carboxylic acid groups (broad SMARTS) is 1. The predicted octanol–water partition coefficient (Wildman–Crippen LogP) is -0.722. The topological polar surface area (TPSA) is 87.7 Å². The molecule has 1 rings (SSSR count). The molecule has 0 aromatic carbocycles. The number of hydrogen-bond acceptors (Lipinski definition) is 5. The van der Waals surface area contributed by atoms with Gasteiger partial charge in [0.2, 0.25) is 5.91 Å². The van der Waals surface area contributed by atoms with E-state index in [2.05, 4.69) is 5.32 Å². The Bertz CT molecular complexity index is 290. The smallest absolute Gasteiger partial charge is 0.223 e. The Kier molecular flexibility index (Phi) is 6.07. The number of methoxy groups -OCH3 is 2. The Morgan fingerprint density at radius 2 is 1.78 bits per heavy atom. The van der Waals surface area contributed by atoms with E-state index in [1.165, 1.54) is 14.2 Å². The molecule has 0 radical (unpaired) electrons. The van der Waals surface area contributed by atoms with Crippen LogP contribution in [0.15, 0.2) is 0 Å². The summed E-state index contributed by atoms with van der Waals surface area (Å²) in [5.41, 5.74) is 0. The van der Waals surface area contributed by atoms with Crippen LogP contribution in [0.5, 0.6) is 0 Å². The summed E-state index contributed by atoms with van der Waals surface area (Å²) in [5.74, 6) is -2.58. The number of carbonyl (C=O) groups is 2. The highest BCUT2D eigenvalue weighted by Crippen LogP contribution is 2.29. The highest BCUT2D eigenvalue weighted by atomic mass is 16.7. The molecule has 1 fully saturated rings. The zero-order valence-electron chi connectivity index (χ0n) is 10.8. The van der Waals surface area contributed by atoms with E-state index in [1.54, 1.807) is 0 Å².